The average molecular weight is 426 g/mol. The van der Waals surface area contributed by atoms with Gasteiger partial charge in [0.2, 0.25) is 6.79 Å². The molecule has 6 rings (SSSR count). The average Bonchev–Trinajstić information content (AvgIpc) is 3.37. The van der Waals surface area contributed by atoms with E-state index < -0.39 is 23.9 Å². The smallest absolute Gasteiger partial charge is 0.262 e. The van der Waals surface area contributed by atoms with E-state index in [1.165, 1.54) is 0 Å². The minimum absolute atomic E-state index is 0.131. The molecular formula is C25H18N2O5. The van der Waals surface area contributed by atoms with Gasteiger partial charge in [-0.25, -0.2) is 0 Å². The highest BCUT2D eigenvalue weighted by Gasteiger charge is 2.57. The van der Waals surface area contributed by atoms with Crippen LogP contribution in [0, 0.1) is 6.92 Å². The van der Waals surface area contributed by atoms with E-state index in [1.54, 1.807) is 35.2 Å². The number of nitrogens with zero attached hydrogens (tertiary/aromatic N) is 2. The van der Waals surface area contributed by atoms with E-state index in [1.807, 2.05) is 43.3 Å². The van der Waals surface area contributed by atoms with Crippen LogP contribution in [0.1, 0.15) is 37.9 Å². The molecule has 3 aromatic carbocycles. The second-order valence-electron chi connectivity index (χ2n) is 8.07. The second-order valence-corrected chi connectivity index (χ2v) is 8.07. The first-order chi connectivity index (χ1) is 15.5. The standard InChI is InChI=1S/C25H18N2O5/c1-14-6-9-16(10-7-14)26-21(15-8-11-19-20(12-15)32-13-31-19)22(25(26)30)27-23(28)17-4-2-3-5-18(17)24(27)29/h2-12,21-22H,13H2,1H3/t21-,22+/m0/s1. The van der Waals surface area contributed by atoms with Crippen molar-refractivity contribution in [2.75, 3.05) is 11.7 Å². The van der Waals surface area contributed by atoms with Gasteiger partial charge in [-0.2, -0.15) is 0 Å². The highest BCUT2D eigenvalue weighted by Crippen LogP contribution is 2.46. The first kappa shape index (κ1) is 18.6. The van der Waals surface area contributed by atoms with Crippen LogP contribution in [0.5, 0.6) is 11.5 Å². The van der Waals surface area contributed by atoms with Gasteiger partial charge in [0, 0.05) is 5.69 Å². The van der Waals surface area contributed by atoms with Crippen LogP contribution in [-0.4, -0.2) is 35.5 Å². The van der Waals surface area contributed by atoms with Crippen LogP contribution in [0.2, 0.25) is 0 Å². The molecule has 0 aromatic heterocycles. The molecule has 7 nitrogen and oxygen atoms in total. The fraction of sp³-hybridized carbons (Fsp3) is 0.160. The number of carbonyl (C=O) groups is 3. The van der Waals surface area contributed by atoms with Crippen molar-refractivity contribution in [3.05, 3.63) is 89.0 Å². The first-order valence-corrected chi connectivity index (χ1v) is 10.3. The number of β-lactam (4-membered cyclic amide) rings is 1. The van der Waals surface area contributed by atoms with E-state index >= 15 is 0 Å². The van der Waals surface area contributed by atoms with Gasteiger partial charge in [0.1, 0.15) is 6.04 Å². The van der Waals surface area contributed by atoms with Gasteiger partial charge < -0.3 is 14.4 Å². The molecule has 0 spiro atoms. The van der Waals surface area contributed by atoms with Crippen molar-refractivity contribution in [1.82, 2.24) is 4.90 Å². The van der Waals surface area contributed by atoms with Crippen molar-refractivity contribution < 1.29 is 23.9 Å². The third-order valence-corrected chi connectivity index (χ3v) is 6.22. The lowest BCUT2D eigenvalue weighted by atomic mass is 9.86. The van der Waals surface area contributed by atoms with Gasteiger partial charge in [-0.3, -0.25) is 19.3 Å². The zero-order valence-electron chi connectivity index (χ0n) is 17.1. The number of hydrogen-bond donors (Lipinski definition) is 0. The van der Waals surface area contributed by atoms with Gasteiger partial charge in [0.05, 0.1) is 17.2 Å². The van der Waals surface area contributed by atoms with Gasteiger partial charge in [0.25, 0.3) is 17.7 Å². The summed E-state index contributed by atoms with van der Waals surface area (Å²) in [5.41, 5.74) is 3.18. The summed E-state index contributed by atoms with van der Waals surface area (Å²) in [4.78, 5) is 42.4. The van der Waals surface area contributed by atoms with Crippen molar-refractivity contribution in [2.45, 2.75) is 19.0 Å². The Morgan fingerprint density at radius 1 is 0.750 bits per heavy atom. The van der Waals surface area contributed by atoms with E-state index in [4.69, 9.17) is 9.47 Å². The molecule has 32 heavy (non-hydrogen) atoms. The molecule has 3 aliphatic heterocycles. The Morgan fingerprint density at radius 3 is 2.09 bits per heavy atom. The Bertz CT molecular complexity index is 1260. The van der Waals surface area contributed by atoms with Crippen LogP contribution in [-0.2, 0) is 4.79 Å². The molecule has 0 N–H and O–H groups in total. The number of fused-ring (bicyclic) bond motifs is 2. The van der Waals surface area contributed by atoms with E-state index in [0.717, 1.165) is 16.0 Å². The third-order valence-electron chi connectivity index (χ3n) is 6.22. The molecule has 3 aromatic rings. The summed E-state index contributed by atoms with van der Waals surface area (Å²) in [6.45, 7) is 2.10. The number of ether oxygens (including phenoxy) is 2. The summed E-state index contributed by atoms with van der Waals surface area (Å²) in [6.07, 6.45) is 0. The monoisotopic (exact) mass is 426 g/mol. The van der Waals surface area contributed by atoms with Crippen molar-refractivity contribution in [3.8, 4) is 11.5 Å². The molecule has 3 heterocycles. The Hall–Kier alpha value is -4.13. The Labute approximate surface area is 183 Å². The van der Waals surface area contributed by atoms with Crippen molar-refractivity contribution in [3.63, 3.8) is 0 Å². The van der Waals surface area contributed by atoms with E-state index in [2.05, 4.69) is 0 Å². The predicted molar refractivity (Wildman–Crippen MR) is 115 cm³/mol. The molecule has 3 aliphatic rings. The number of anilines is 1. The Morgan fingerprint density at radius 2 is 1.41 bits per heavy atom. The maximum atomic E-state index is 13.4. The zero-order chi connectivity index (χ0) is 22.0. The third kappa shape index (κ3) is 2.51. The van der Waals surface area contributed by atoms with Gasteiger partial charge in [0.15, 0.2) is 11.5 Å². The van der Waals surface area contributed by atoms with E-state index in [9.17, 15) is 14.4 Å². The molecule has 0 aliphatic carbocycles. The molecule has 3 amide bonds. The number of hydrogen-bond acceptors (Lipinski definition) is 5. The van der Waals surface area contributed by atoms with Crippen LogP contribution >= 0.6 is 0 Å². The van der Waals surface area contributed by atoms with E-state index in [0.29, 0.717) is 28.3 Å². The number of amides is 3. The summed E-state index contributed by atoms with van der Waals surface area (Å²) < 4.78 is 10.9. The molecule has 0 saturated carbocycles. The van der Waals surface area contributed by atoms with Crippen LogP contribution in [0.3, 0.4) is 0 Å². The predicted octanol–water partition coefficient (Wildman–Crippen LogP) is 3.48. The van der Waals surface area contributed by atoms with Crippen molar-refractivity contribution in [1.29, 1.82) is 0 Å². The van der Waals surface area contributed by atoms with Crippen molar-refractivity contribution >= 4 is 23.4 Å². The summed E-state index contributed by atoms with van der Waals surface area (Å²) >= 11 is 0. The molecule has 0 unspecified atom stereocenters. The first-order valence-electron chi connectivity index (χ1n) is 10.3. The summed E-state index contributed by atoms with van der Waals surface area (Å²) in [5.74, 6) is 0.00732. The summed E-state index contributed by atoms with van der Waals surface area (Å²) in [7, 11) is 0. The SMILES string of the molecule is Cc1ccc(N2C(=O)[C@H](N3C(=O)c4ccccc4C3=O)[C@@H]2c2ccc3c(c2)OCO3)cc1. The lowest BCUT2D eigenvalue weighted by Crippen LogP contribution is -2.67. The van der Waals surface area contributed by atoms with Crippen LogP contribution in [0.25, 0.3) is 0 Å². The Balaban J connectivity index is 1.45. The van der Waals surface area contributed by atoms with Crippen LogP contribution < -0.4 is 14.4 Å². The zero-order valence-corrected chi connectivity index (χ0v) is 17.1. The lowest BCUT2D eigenvalue weighted by Gasteiger charge is -2.49. The summed E-state index contributed by atoms with van der Waals surface area (Å²) in [6, 6.07) is 18.2. The molecular weight excluding hydrogens is 408 g/mol. The molecule has 1 saturated heterocycles. The maximum Gasteiger partial charge on any atom is 0.262 e. The van der Waals surface area contributed by atoms with E-state index in [-0.39, 0.29) is 12.7 Å². The van der Waals surface area contributed by atoms with Gasteiger partial charge in [-0.15, -0.1) is 0 Å². The number of carbonyl (C=O) groups excluding carboxylic acids is 3. The number of rotatable bonds is 3. The molecule has 0 radical (unpaired) electrons. The maximum absolute atomic E-state index is 13.4. The molecule has 1 fully saturated rings. The largest absolute Gasteiger partial charge is 0.454 e. The summed E-state index contributed by atoms with van der Waals surface area (Å²) in [5, 5.41) is 0. The number of benzene rings is 3. The Kier molecular flexibility index (Phi) is 3.89. The quantitative estimate of drug-likeness (QED) is 0.474. The fourth-order valence-corrected chi connectivity index (χ4v) is 4.61. The number of imide groups is 1. The highest BCUT2D eigenvalue weighted by atomic mass is 16.7. The van der Waals surface area contributed by atoms with Crippen LogP contribution in [0.4, 0.5) is 5.69 Å². The minimum Gasteiger partial charge on any atom is -0.454 e. The van der Waals surface area contributed by atoms with Gasteiger partial charge in [-0.05, 0) is 48.9 Å². The van der Waals surface area contributed by atoms with Gasteiger partial charge >= 0.3 is 0 Å². The fourth-order valence-electron chi connectivity index (χ4n) is 4.61. The minimum atomic E-state index is -0.941. The number of aryl methyl sites for hydroxylation is 1. The molecule has 7 heteroatoms. The molecule has 2 atom stereocenters. The van der Waals surface area contributed by atoms with Crippen molar-refractivity contribution in [2.24, 2.45) is 0 Å². The van der Waals surface area contributed by atoms with Crippen LogP contribution in [0.15, 0.2) is 66.7 Å². The second kappa shape index (κ2) is 6.68. The van der Waals surface area contributed by atoms with Gasteiger partial charge in [-0.1, -0.05) is 35.9 Å². The molecule has 0 bridgehead atoms. The topological polar surface area (TPSA) is 76.2 Å². The highest BCUT2D eigenvalue weighted by molar-refractivity contribution is 6.24. The lowest BCUT2D eigenvalue weighted by molar-refractivity contribution is -0.130. The molecule has 158 valence electrons. The normalized spacial score (nSPS) is 21.1.